The van der Waals surface area contributed by atoms with E-state index in [4.69, 9.17) is 4.74 Å². The van der Waals surface area contributed by atoms with E-state index in [1.54, 1.807) is 0 Å². The van der Waals surface area contributed by atoms with Gasteiger partial charge in [-0.05, 0) is 61.1 Å². The number of aryl methyl sites for hydroxylation is 2. The highest BCUT2D eigenvalue weighted by molar-refractivity contribution is 5.86. The van der Waals surface area contributed by atoms with Crippen molar-refractivity contribution in [2.75, 3.05) is 6.61 Å². The van der Waals surface area contributed by atoms with Gasteiger partial charge in [0, 0.05) is 23.1 Å². The molecule has 0 radical (unpaired) electrons. The Bertz CT molecular complexity index is 884. The van der Waals surface area contributed by atoms with E-state index in [2.05, 4.69) is 28.5 Å². The molecule has 1 aliphatic carbocycles. The van der Waals surface area contributed by atoms with Crippen LogP contribution in [0.4, 0.5) is 0 Å². The number of nitrogens with one attached hydrogen (secondary N) is 2. The normalized spacial score (nSPS) is 13.4. The van der Waals surface area contributed by atoms with Gasteiger partial charge in [-0.15, -0.1) is 0 Å². The third kappa shape index (κ3) is 3.53. The number of amides is 1. The van der Waals surface area contributed by atoms with Crippen molar-refractivity contribution in [1.82, 2.24) is 10.3 Å². The fourth-order valence-corrected chi connectivity index (χ4v) is 3.48. The minimum Gasteiger partial charge on any atom is -0.484 e. The number of fused-ring (bicyclic) bond motifs is 3. The second-order valence-corrected chi connectivity index (χ2v) is 6.55. The summed E-state index contributed by atoms with van der Waals surface area (Å²) in [5.41, 5.74) is 5.17. The van der Waals surface area contributed by atoms with Crippen LogP contribution in [-0.2, 0) is 24.2 Å². The zero-order chi connectivity index (χ0) is 17.1. The maximum Gasteiger partial charge on any atom is 0.258 e. The Morgan fingerprint density at radius 2 is 1.92 bits per heavy atom. The predicted molar refractivity (Wildman–Crippen MR) is 98.7 cm³/mol. The van der Waals surface area contributed by atoms with E-state index in [1.807, 2.05) is 30.3 Å². The number of aromatic amines is 1. The number of H-pyrrole nitrogens is 1. The van der Waals surface area contributed by atoms with Crippen molar-refractivity contribution in [2.24, 2.45) is 0 Å². The van der Waals surface area contributed by atoms with Gasteiger partial charge < -0.3 is 15.0 Å². The molecule has 128 valence electrons. The SMILES string of the molecule is O=C(COc1ccccc1)NCc1ccc2[nH]c3c(c2c1)CCCC3. The Hall–Kier alpha value is -2.75. The summed E-state index contributed by atoms with van der Waals surface area (Å²) in [6.07, 6.45) is 4.82. The van der Waals surface area contributed by atoms with Crippen LogP contribution in [0.15, 0.2) is 48.5 Å². The molecule has 0 bridgehead atoms. The monoisotopic (exact) mass is 334 g/mol. The summed E-state index contributed by atoms with van der Waals surface area (Å²) in [7, 11) is 0. The highest BCUT2D eigenvalue weighted by Crippen LogP contribution is 2.29. The first-order valence-corrected chi connectivity index (χ1v) is 8.86. The van der Waals surface area contributed by atoms with Crippen LogP contribution in [-0.4, -0.2) is 17.5 Å². The molecule has 4 nitrogen and oxygen atoms in total. The lowest BCUT2D eigenvalue weighted by atomic mass is 9.95. The lowest BCUT2D eigenvalue weighted by Crippen LogP contribution is -2.28. The van der Waals surface area contributed by atoms with E-state index >= 15 is 0 Å². The molecule has 1 aromatic heterocycles. The van der Waals surface area contributed by atoms with Gasteiger partial charge in [0.2, 0.25) is 0 Å². The van der Waals surface area contributed by atoms with Crippen LogP contribution in [0, 0.1) is 0 Å². The molecule has 1 aliphatic rings. The summed E-state index contributed by atoms with van der Waals surface area (Å²) in [6, 6.07) is 15.8. The second-order valence-electron chi connectivity index (χ2n) is 6.55. The summed E-state index contributed by atoms with van der Waals surface area (Å²) >= 11 is 0. The zero-order valence-electron chi connectivity index (χ0n) is 14.2. The number of para-hydroxylation sites is 1. The summed E-state index contributed by atoms with van der Waals surface area (Å²) < 4.78 is 5.47. The van der Waals surface area contributed by atoms with Crippen molar-refractivity contribution in [3.63, 3.8) is 0 Å². The molecule has 4 rings (SSSR count). The maximum absolute atomic E-state index is 12.0. The van der Waals surface area contributed by atoms with Gasteiger partial charge in [0.05, 0.1) is 0 Å². The summed E-state index contributed by atoms with van der Waals surface area (Å²) in [5, 5.41) is 4.24. The summed E-state index contributed by atoms with van der Waals surface area (Å²) in [5.74, 6) is 0.595. The topological polar surface area (TPSA) is 54.1 Å². The van der Waals surface area contributed by atoms with Gasteiger partial charge in [0.25, 0.3) is 5.91 Å². The maximum atomic E-state index is 12.0. The first-order valence-electron chi connectivity index (χ1n) is 8.86. The Labute approximate surface area is 147 Å². The first-order chi connectivity index (χ1) is 12.3. The van der Waals surface area contributed by atoms with Gasteiger partial charge in [-0.1, -0.05) is 24.3 Å². The second kappa shape index (κ2) is 7.01. The van der Waals surface area contributed by atoms with Crippen molar-refractivity contribution >= 4 is 16.8 Å². The van der Waals surface area contributed by atoms with Crippen LogP contribution in [0.5, 0.6) is 5.75 Å². The fraction of sp³-hybridized carbons (Fsp3) is 0.286. The van der Waals surface area contributed by atoms with E-state index in [9.17, 15) is 4.79 Å². The van der Waals surface area contributed by atoms with Crippen LogP contribution in [0.3, 0.4) is 0 Å². The summed E-state index contributed by atoms with van der Waals surface area (Å²) in [6.45, 7) is 0.554. The van der Waals surface area contributed by atoms with Crippen molar-refractivity contribution in [3.8, 4) is 5.75 Å². The number of hydrogen-bond donors (Lipinski definition) is 2. The zero-order valence-corrected chi connectivity index (χ0v) is 14.2. The van der Waals surface area contributed by atoms with E-state index in [-0.39, 0.29) is 12.5 Å². The molecule has 0 saturated carbocycles. The molecular weight excluding hydrogens is 312 g/mol. The molecule has 0 fully saturated rings. The van der Waals surface area contributed by atoms with E-state index in [0.717, 1.165) is 18.4 Å². The Balaban J connectivity index is 1.38. The van der Waals surface area contributed by atoms with Crippen LogP contribution >= 0.6 is 0 Å². The van der Waals surface area contributed by atoms with Gasteiger partial charge >= 0.3 is 0 Å². The first kappa shape index (κ1) is 15.8. The highest BCUT2D eigenvalue weighted by atomic mass is 16.5. The van der Waals surface area contributed by atoms with Crippen molar-refractivity contribution in [3.05, 3.63) is 65.4 Å². The Morgan fingerprint density at radius 1 is 1.08 bits per heavy atom. The highest BCUT2D eigenvalue weighted by Gasteiger charge is 2.15. The smallest absolute Gasteiger partial charge is 0.258 e. The van der Waals surface area contributed by atoms with E-state index in [1.165, 1.54) is 35.0 Å². The van der Waals surface area contributed by atoms with Crippen molar-refractivity contribution in [2.45, 2.75) is 32.2 Å². The lowest BCUT2D eigenvalue weighted by molar-refractivity contribution is -0.123. The number of rotatable bonds is 5. The molecule has 0 spiro atoms. The Morgan fingerprint density at radius 3 is 2.80 bits per heavy atom. The molecule has 0 saturated heterocycles. The summed E-state index contributed by atoms with van der Waals surface area (Å²) in [4.78, 5) is 15.5. The van der Waals surface area contributed by atoms with E-state index in [0.29, 0.717) is 12.3 Å². The molecule has 2 aromatic carbocycles. The van der Waals surface area contributed by atoms with Crippen LogP contribution in [0.1, 0.15) is 29.7 Å². The third-order valence-corrected chi connectivity index (χ3v) is 4.77. The van der Waals surface area contributed by atoms with Gasteiger partial charge in [0.1, 0.15) is 5.75 Å². The number of ether oxygens (including phenoxy) is 1. The molecule has 3 aromatic rings. The van der Waals surface area contributed by atoms with E-state index < -0.39 is 0 Å². The van der Waals surface area contributed by atoms with Gasteiger partial charge in [-0.25, -0.2) is 0 Å². The van der Waals surface area contributed by atoms with Crippen LogP contribution < -0.4 is 10.1 Å². The predicted octanol–water partition coefficient (Wildman–Crippen LogP) is 3.74. The molecule has 1 amide bonds. The number of hydrogen-bond acceptors (Lipinski definition) is 2. The minimum atomic E-state index is -0.111. The quantitative estimate of drug-likeness (QED) is 0.747. The van der Waals surface area contributed by atoms with Gasteiger partial charge in [-0.3, -0.25) is 4.79 Å². The average molecular weight is 334 g/mol. The number of carbonyl (C=O) groups excluding carboxylic acids is 1. The molecule has 2 N–H and O–H groups in total. The van der Waals surface area contributed by atoms with Crippen molar-refractivity contribution in [1.29, 1.82) is 0 Å². The molecule has 0 aliphatic heterocycles. The standard InChI is InChI=1S/C21H22N2O2/c24-21(14-25-16-6-2-1-3-7-16)22-13-15-10-11-20-18(12-15)17-8-4-5-9-19(17)23-20/h1-3,6-7,10-12,23H,4-5,8-9,13-14H2,(H,22,24). The third-order valence-electron chi connectivity index (χ3n) is 4.77. The van der Waals surface area contributed by atoms with Crippen LogP contribution in [0.2, 0.25) is 0 Å². The largest absolute Gasteiger partial charge is 0.484 e. The Kier molecular flexibility index (Phi) is 4.42. The number of aromatic nitrogens is 1. The minimum absolute atomic E-state index is 0.0335. The lowest BCUT2D eigenvalue weighted by Gasteiger charge is -2.11. The number of benzene rings is 2. The van der Waals surface area contributed by atoms with Gasteiger partial charge in [0.15, 0.2) is 6.61 Å². The molecular formula is C21H22N2O2. The molecule has 25 heavy (non-hydrogen) atoms. The molecule has 0 atom stereocenters. The fourth-order valence-electron chi connectivity index (χ4n) is 3.48. The molecule has 1 heterocycles. The average Bonchev–Trinajstić information content (AvgIpc) is 3.03. The number of carbonyl (C=O) groups is 1. The molecule has 0 unspecified atom stereocenters. The van der Waals surface area contributed by atoms with Crippen molar-refractivity contribution < 1.29 is 9.53 Å². The van der Waals surface area contributed by atoms with Gasteiger partial charge in [-0.2, -0.15) is 0 Å². The van der Waals surface area contributed by atoms with Crippen LogP contribution in [0.25, 0.3) is 10.9 Å². The molecule has 4 heteroatoms.